The summed E-state index contributed by atoms with van der Waals surface area (Å²) in [4.78, 5) is 1.23. The molecular weight excluding hydrogens is 283 g/mol. The first-order valence-corrected chi connectivity index (χ1v) is 7.73. The summed E-state index contributed by atoms with van der Waals surface area (Å²) in [6, 6.07) is 11.6. The zero-order valence-electron chi connectivity index (χ0n) is 12.5. The Balaban J connectivity index is 2.22. The molecule has 0 saturated heterocycles. The molecule has 0 amide bonds. The zero-order valence-corrected chi connectivity index (χ0v) is 13.3. The van der Waals surface area contributed by atoms with Gasteiger partial charge in [-0.1, -0.05) is 29.8 Å². The van der Waals surface area contributed by atoms with Gasteiger partial charge in [-0.2, -0.15) is 0 Å². The van der Waals surface area contributed by atoms with Gasteiger partial charge >= 0.3 is 7.12 Å². The fraction of sp³-hybridized carbons (Fsp3) is 0.250. The van der Waals surface area contributed by atoms with Crippen molar-refractivity contribution in [3.05, 3.63) is 53.1 Å². The third-order valence-corrected chi connectivity index (χ3v) is 4.54. The molecule has 0 aliphatic rings. The summed E-state index contributed by atoms with van der Waals surface area (Å²) in [5, 5.41) is 18.6. The van der Waals surface area contributed by atoms with Gasteiger partial charge in [-0.3, -0.25) is 0 Å². The molecule has 0 heterocycles. The molecule has 0 radical (unpaired) electrons. The molecule has 2 aromatic rings. The first kappa shape index (κ1) is 16.0. The fourth-order valence-corrected chi connectivity index (χ4v) is 3.19. The first-order valence-electron chi connectivity index (χ1n) is 6.74. The van der Waals surface area contributed by atoms with E-state index in [2.05, 4.69) is 32.0 Å². The van der Waals surface area contributed by atoms with E-state index in [0.717, 1.165) is 11.3 Å². The normalized spacial score (nSPS) is 10.5. The van der Waals surface area contributed by atoms with Gasteiger partial charge in [0.05, 0.1) is 7.11 Å². The number of benzene rings is 2. The summed E-state index contributed by atoms with van der Waals surface area (Å²) in [5.74, 6) is 1.48. The molecule has 21 heavy (non-hydrogen) atoms. The molecule has 5 heteroatoms. The van der Waals surface area contributed by atoms with E-state index in [9.17, 15) is 10.0 Å². The van der Waals surface area contributed by atoms with Gasteiger partial charge in [0.15, 0.2) is 0 Å². The molecule has 0 bridgehead atoms. The van der Waals surface area contributed by atoms with Crippen molar-refractivity contribution in [2.75, 3.05) is 7.11 Å². The molecule has 2 rings (SSSR count). The first-order chi connectivity index (χ1) is 10.0. The molecule has 0 spiro atoms. The molecule has 0 aliphatic carbocycles. The monoisotopic (exact) mass is 302 g/mol. The van der Waals surface area contributed by atoms with Crippen LogP contribution in [0, 0.1) is 13.8 Å². The van der Waals surface area contributed by atoms with E-state index in [1.807, 2.05) is 0 Å². The molecular formula is C16H19BO3S. The van der Waals surface area contributed by atoms with E-state index in [-0.39, 0.29) is 0 Å². The highest BCUT2D eigenvalue weighted by atomic mass is 32.2. The van der Waals surface area contributed by atoms with Crippen LogP contribution in [0.4, 0.5) is 0 Å². The Hall–Kier alpha value is -1.43. The van der Waals surface area contributed by atoms with Gasteiger partial charge in [-0.05, 0) is 37.0 Å². The minimum Gasteiger partial charge on any atom is -0.496 e. The number of thioether (sulfide) groups is 1. The van der Waals surface area contributed by atoms with Gasteiger partial charge in [0.1, 0.15) is 5.75 Å². The lowest BCUT2D eigenvalue weighted by Crippen LogP contribution is -2.30. The highest BCUT2D eigenvalue weighted by Crippen LogP contribution is 2.30. The largest absolute Gasteiger partial charge is 0.496 e. The van der Waals surface area contributed by atoms with E-state index in [1.165, 1.54) is 16.0 Å². The van der Waals surface area contributed by atoms with Gasteiger partial charge < -0.3 is 14.8 Å². The molecule has 0 atom stereocenters. The average Bonchev–Trinajstić information content (AvgIpc) is 2.47. The number of ether oxygens (including phenoxy) is 1. The predicted octanol–water partition coefficient (Wildman–Crippen LogP) is 2.28. The lowest BCUT2D eigenvalue weighted by atomic mass is 9.79. The van der Waals surface area contributed by atoms with Crippen molar-refractivity contribution < 1.29 is 14.8 Å². The van der Waals surface area contributed by atoms with Crippen LogP contribution in [0.25, 0.3) is 0 Å². The molecule has 0 fully saturated rings. The topological polar surface area (TPSA) is 49.7 Å². The summed E-state index contributed by atoms with van der Waals surface area (Å²) < 4.78 is 5.35. The molecule has 3 nitrogen and oxygen atoms in total. The third-order valence-electron chi connectivity index (χ3n) is 3.33. The lowest BCUT2D eigenvalue weighted by Gasteiger charge is -2.12. The van der Waals surface area contributed by atoms with E-state index < -0.39 is 7.12 Å². The minimum atomic E-state index is -1.46. The van der Waals surface area contributed by atoms with Crippen molar-refractivity contribution in [2.24, 2.45) is 0 Å². The predicted molar refractivity (Wildman–Crippen MR) is 88.3 cm³/mol. The van der Waals surface area contributed by atoms with E-state index >= 15 is 0 Å². The summed E-state index contributed by atoms with van der Waals surface area (Å²) in [7, 11) is 0.163. The lowest BCUT2D eigenvalue weighted by molar-refractivity contribution is 0.410. The van der Waals surface area contributed by atoms with Gasteiger partial charge in [0.25, 0.3) is 0 Å². The second-order valence-corrected chi connectivity index (χ2v) is 6.02. The van der Waals surface area contributed by atoms with Crippen LogP contribution in [-0.4, -0.2) is 24.3 Å². The molecule has 0 aliphatic heterocycles. The third kappa shape index (κ3) is 4.03. The molecule has 0 unspecified atom stereocenters. The number of aryl methyl sites for hydroxylation is 2. The van der Waals surface area contributed by atoms with Crippen LogP contribution in [0.15, 0.2) is 41.3 Å². The molecule has 2 aromatic carbocycles. The van der Waals surface area contributed by atoms with Gasteiger partial charge in [0.2, 0.25) is 0 Å². The van der Waals surface area contributed by atoms with Crippen LogP contribution in [0.2, 0.25) is 0 Å². The number of rotatable bonds is 5. The number of hydrogen-bond acceptors (Lipinski definition) is 4. The summed E-state index contributed by atoms with van der Waals surface area (Å²) in [6.07, 6.45) is 0. The van der Waals surface area contributed by atoms with Crippen molar-refractivity contribution in [2.45, 2.75) is 24.5 Å². The maximum Gasteiger partial charge on any atom is 0.488 e. The van der Waals surface area contributed by atoms with Crippen molar-refractivity contribution in [1.82, 2.24) is 0 Å². The van der Waals surface area contributed by atoms with Crippen molar-refractivity contribution in [1.29, 1.82) is 0 Å². The minimum absolute atomic E-state index is 0.479. The van der Waals surface area contributed by atoms with Gasteiger partial charge in [-0.15, -0.1) is 11.8 Å². The molecule has 2 N–H and O–H groups in total. The molecule has 0 saturated carbocycles. The molecule has 0 aromatic heterocycles. The maximum atomic E-state index is 9.29. The SMILES string of the molecule is COc1ccc(B(O)O)cc1CSc1cc(C)ccc1C. The van der Waals surface area contributed by atoms with E-state index in [0.29, 0.717) is 11.2 Å². The van der Waals surface area contributed by atoms with E-state index in [1.54, 1.807) is 37.1 Å². The second kappa shape index (κ2) is 7.03. The molecule has 110 valence electrons. The highest BCUT2D eigenvalue weighted by molar-refractivity contribution is 7.98. The average molecular weight is 302 g/mol. The van der Waals surface area contributed by atoms with Crippen LogP contribution in [0.5, 0.6) is 5.75 Å². The van der Waals surface area contributed by atoms with Gasteiger partial charge in [-0.25, -0.2) is 0 Å². The van der Waals surface area contributed by atoms with Gasteiger partial charge in [0, 0.05) is 16.2 Å². The summed E-state index contributed by atoms with van der Waals surface area (Å²) in [5.41, 5.74) is 3.90. The fourth-order valence-electron chi connectivity index (χ4n) is 2.09. The Labute approximate surface area is 130 Å². The smallest absolute Gasteiger partial charge is 0.488 e. The maximum absolute atomic E-state index is 9.29. The summed E-state index contributed by atoms with van der Waals surface area (Å²) >= 11 is 1.72. The highest BCUT2D eigenvalue weighted by Gasteiger charge is 2.14. The number of methoxy groups -OCH3 is 1. The quantitative estimate of drug-likeness (QED) is 0.657. The Morgan fingerprint density at radius 3 is 2.52 bits per heavy atom. The Morgan fingerprint density at radius 1 is 1.10 bits per heavy atom. The zero-order chi connectivity index (χ0) is 15.4. The van der Waals surface area contributed by atoms with Crippen molar-refractivity contribution in [3.8, 4) is 5.75 Å². The Morgan fingerprint density at radius 2 is 1.86 bits per heavy atom. The summed E-state index contributed by atoms with van der Waals surface area (Å²) in [6.45, 7) is 4.17. The second-order valence-electron chi connectivity index (χ2n) is 5.00. The van der Waals surface area contributed by atoms with Crippen molar-refractivity contribution >= 4 is 24.3 Å². The standard InChI is InChI=1S/C16H19BO3S/c1-11-4-5-12(2)16(8-11)21-10-13-9-14(17(18)19)6-7-15(13)20-3/h4-9,18-19H,10H2,1-3H3. The number of hydrogen-bond donors (Lipinski definition) is 2. The van der Waals surface area contributed by atoms with Crippen LogP contribution >= 0.6 is 11.8 Å². The van der Waals surface area contributed by atoms with Crippen LogP contribution < -0.4 is 10.2 Å². The van der Waals surface area contributed by atoms with Crippen LogP contribution in [0.1, 0.15) is 16.7 Å². The van der Waals surface area contributed by atoms with Crippen LogP contribution in [-0.2, 0) is 5.75 Å². The van der Waals surface area contributed by atoms with E-state index in [4.69, 9.17) is 4.74 Å². The Bertz CT molecular complexity index is 629. The Kier molecular flexibility index (Phi) is 5.34. The van der Waals surface area contributed by atoms with Crippen molar-refractivity contribution in [3.63, 3.8) is 0 Å². The van der Waals surface area contributed by atoms with Crippen LogP contribution in [0.3, 0.4) is 0 Å².